The molecule has 0 N–H and O–H groups in total. The van der Waals surface area contributed by atoms with E-state index < -0.39 is 0 Å². The number of ether oxygens (including phenoxy) is 3. The zero-order valence-corrected chi connectivity index (χ0v) is 19.1. The zero-order valence-electron chi connectivity index (χ0n) is 19.1. The standard InChI is InChI=1S/C25H30N2O5/c1-5-26-8-10-27(11-9-26)15-21-20(12-18(30-3)14-23(21)31-4)22-16-32-24-13-17(29-2)6-7-19(24)25(22)28/h6-7,12-14,16H,5,8-11,15H2,1-4H3. The fourth-order valence-corrected chi connectivity index (χ4v) is 4.23. The van der Waals surface area contributed by atoms with Crippen LogP contribution in [0.4, 0.5) is 0 Å². The van der Waals surface area contributed by atoms with Crippen LogP contribution in [0.15, 0.2) is 45.8 Å². The molecular formula is C25H30N2O5. The van der Waals surface area contributed by atoms with Crippen LogP contribution in [-0.2, 0) is 6.54 Å². The van der Waals surface area contributed by atoms with Gasteiger partial charge in [-0.3, -0.25) is 9.69 Å². The van der Waals surface area contributed by atoms with Crippen molar-refractivity contribution >= 4 is 11.0 Å². The normalized spacial score (nSPS) is 15.1. The SMILES string of the molecule is CCN1CCN(Cc2c(OC)cc(OC)cc2-c2coc3cc(OC)ccc3c2=O)CC1. The van der Waals surface area contributed by atoms with E-state index in [4.69, 9.17) is 18.6 Å². The third-order valence-corrected chi connectivity index (χ3v) is 6.20. The van der Waals surface area contributed by atoms with Crippen molar-refractivity contribution in [3.05, 3.63) is 52.4 Å². The average Bonchev–Trinajstić information content (AvgIpc) is 2.84. The largest absolute Gasteiger partial charge is 0.497 e. The van der Waals surface area contributed by atoms with Crippen molar-refractivity contribution < 1.29 is 18.6 Å². The Labute approximate surface area is 188 Å². The van der Waals surface area contributed by atoms with Crippen molar-refractivity contribution in [2.45, 2.75) is 13.5 Å². The highest BCUT2D eigenvalue weighted by molar-refractivity contribution is 5.84. The van der Waals surface area contributed by atoms with Crippen LogP contribution in [0.25, 0.3) is 22.1 Å². The van der Waals surface area contributed by atoms with Crippen LogP contribution in [0.1, 0.15) is 12.5 Å². The van der Waals surface area contributed by atoms with Crippen molar-refractivity contribution in [1.82, 2.24) is 9.80 Å². The summed E-state index contributed by atoms with van der Waals surface area (Å²) >= 11 is 0. The van der Waals surface area contributed by atoms with E-state index >= 15 is 0 Å². The Morgan fingerprint density at radius 1 is 0.875 bits per heavy atom. The minimum atomic E-state index is -0.0961. The van der Waals surface area contributed by atoms with Gasteiger partial charge in [0.2, 0.25) is 5.43 Å². The number of hydrogen-bond donors (Lipinski definition) is 0. The first-order valence-corrected chi connectivity index (χ1v) is 10.9. The van der Waals surface area contributed by atoms with E-state index in [0.29, 0.717) is 40.3 Å². The molecule has 0 unspecified atom stereocenters. The highest BCUT2D eigenvalue weighted by atomic mass is 16.5. The summed E-state index contributed by atoms with van der Waals surface area (Å²) in [4.78, 5) is 18.3. The van der Waals surface area contributed by atoms with Crippen LogP contribution >= 0.6 is 0 Å². The summed E-state index contributed by atoms with van der Waals surface area (Å²) < 4.78 is 22.3. The first-order chi connectivity index (χ1) is 15.6. The monoisotopic (exact) mass is 438 g/mol. The Morgan fingerprint density at radius 2 is 1.59 bits per heavy atom. The van der Waals surface area contributed by atoms with Crippen LogP contribution in [0, 0.1) is 0 Å². The van der Waals surface area contributed by atoms with Crippen LogP contribution in [0.5, 0.6) is 17.2 Å². The minimum absolute atomic E-state index is 0.0961. The lowest BCUT2D eigenvalue weighted by Gasteiger charge is -2.34. The average molecular weight is 439 g/mol. The van der Waals surface area contributed by atoms with E-state index in [1.807, 2.05) is 12.1 Å². The Morgan fingerprint density at radius 3 is 2.25 bits per heavy atom. The molecule has 0 saturated carbocycles. The molecule has 1 aliphatic heterocycles. The Hall–Kier alpha value is -3.03. The second-order valence-corrected chi connectivity index (χ2v) is 7.91. The molecule has 7 heteroatoms. The Balaban J connectivity index is 1.80. The third-order valence-electron chi connectivity index (χ3n) is 6.20. The van der Waals surface area contributed by atoms with E-state index in [9.17, 15) is 4.79 Å². The second kappa shape index (κ2) is 9.63. The summed E-state index contributed by atoms with van der Waals surface area (Å²) in [5.41, 5.74) is 2.61. The second-order valence-electron chi connectivity index (χ2n) is 7.91. The highest BCUT2D eigenvalue weighted by Gasteiger charge is 2.22. The van der Waals surface area contributed by atoms with Crippen LogP contribution in [-0.4, -0.2) is 63.9 Å². The van der Waals surface area contributed by atoms with E-state index in [1.165, 1.54) is 6.26 Å². The molecule has 0 aliphatic carbocycles. The van der Waals surface area contributed by atoms with Crippen molar-refractivity contribution in [3.63, 3.8) is 0 Å². The lowest BCUT2D eigenvalue weighted by Crippen LogP contribution is -2.45. The molecule has 0 radical (unpaired) electrons. The van der Waals surface area contributed by atoms with Gasteiger partial charge in [0, 0.05) is 56.0 Å². The van der Waals surface area contributed by atoms with E-state index in [0.717, 1.165) is 43.9 Å². The summed E-state index contributed by atoms with van der Waals surface area (Å²) in [6, 6.07) is 8.99. The zero-order chi connectivity index (χ0) is 22.7. The molecule has 1 aromatic heterocycles. The first-order valence-electron chi connectivity index (χ1n) is 10.9. The van der Waals surface area contributed by atoms with Crippen LogP contribution in [0.2, 0.25) is 0 Å². The van der Waals surface area contributed by atoms with Gasteiger partial charge in [0.05, 0.1) is 32.3 Å². The summed E-state index contributed by atoms with van der Waals surface area (Å²) in [5, 5.41) is 0.507. The van der Waals surface area contributed by atoms with Gasteiger partial charge in [-0.2, -0.15) is 0 Å². The lowest BCUT2D eigenvalue weighted by molar-refractivity contribution is 0.131. The molecule has 1 aliphatic rings. The number of nitrogens with zero attached hydrogens (tertiary/aromatic N) is 2. The van der Waals surface area contributed by atoms with E-state index in [-0.39, 0.29) is 5.43 Å². The fourth-order valence-electron chi connectivity index (χ4n) is 4.23. The molecule has 0 atom stereocenters. The van der Waals surface area contributed by atoms with Crippen molar-refractivity contribution in [3.8, 4) is 28.4 Å². The van der Waals surface area contributed by atoms with Crippen LogP contribution in [0.3, 0.4) is 0 Å². The Bertz CT molecular complexity index is 1150. The predicted molar refractivity (Wildman–Crippen MR) is 125 cm³/mol. The smallest absolute Gasteiger partial charge is 0.200 e. The van der Waals surface area contributed by atoms with Gasteiger partial charge < -0.3 is 23.5 Å². The fraction of sp³-hybridized carbons (Fsp3) is 0.400. The predicted octanol–water partition coefficient (Wildman–Crippen LogP) is 3.62. The molecule has 7 nitrogen and oxygen atoms in total. The summed E-state index contributed by atoms with van der Waals surface area (Å²) in [5.74, 6) is 1.97. The van der Waals surface area contributed by atoms with Gasteiger partial charge in [0.25, 0.3) is 0 Å². The lowest BCUT2D eigenvalue weighted by atomic mass is 9.97. The topological polar surface area (TPSA) is 64.4 Å². The van der Waals surface area contributed by atoms with Gasteiger partial charge in [-0.1, -0.05) is 6.92 Å². The summed E-state index contributed by atoms with van der Waals surface area (Å²) in [6.45, 7) is 7.93. The first kappa shape index (κ1) is 22.2. The number of likely N-dealkylation sites (N-methyl/N-ethyl adjacent to an activating group) is 1. The maximum absolute atomic E-state index is 13.5. The van der Waals surface area contributed by atoms with Gasteiger partial charge in [0.15, 0.2) is 0 Å². The van der Waals surface area contributed by atoms with Crippen molar-refractivity contribution in [2.75, 3.05) is 54.1 Å². The molecule has 2 heterocycles. The molecular weight excluding hydrogens is 408 g/mol. The van der Waals surface area contributed by atoms with Gasteiger partial charge in [-0.15, -0.1) is 0 Å². The molecule has 32 heavy (non-hydrogen) atoms. The van der Waals surface area contributed by atoms with Gasteiger partial charge in [-0.05, 0) is 24.7 Å². The summed E-state index contributed by atoms with van der Waals surface area (Å²) in [6.07, 6.45) is 1.52. The third kappa shape index (κ3) is 4.31. The van der Waals surface area contributed by atoms with E-state index in [1.54, 1.807) is 39.5 Å². The molecule has 0 amide bonds. The molecule has 0 spiro atoms. The molecule has 2 aromatic carbocycles. The number of benzene rings is 2. The maximum atomic E-state index is 13.5. The molecule has 0 bridgehead atoms. The van der Waals surface area contributed by atoms with Gasteiger partial charge in [0.1, 0.15) is 29.1 Å². The summed E-state index contributed by atoms with van der Waals surface area (Å²) in [7, 11) is 4.84. The van der Waals surface area contributed by atoms with Crippen molar-refractivity contribution in [2.24, 2.45) is 0 Å². The van der Waals surface area contributed by atoms with Crippen LogP contribution < -0.4 is 19.6 Å². The quantitative estimate of drug-likeness (QED) is 0.558. The van der Waals surface area contributed by atoms with Gasteiger partial charge >= 0.3 is 0 Å². The maximum Gasteiger partial charge on any atom is 0.200 e. The molecule has 1 saturated heterocycles. The molecule has 4 rings (SSSR count). The molecule has 1 fully saturated rings. The minimum Gasteiger partial charge on any atom is -0.497 e. The Kier molecular flexibility index (Phi) is 6.67. The molecule has 3 aromatic rings. The van der Waals surface area contributed by atoms with E-state index in [2.05, 4.69) is 16.7 Å². The van der Waals surface area contributed by atoms with Gasteiger partial charge in [-0.25, -0.2) is 0 Å². The highest BCUT2D eigenvalue weighted by Crippen LogP contribution is 2.36. The number of hydrogen-bond acceptors (Lipinski definition) is 7. The number of methoxy groups -OCH3 is 3. The van der Waals surface area contributed by atoms with Crippen molar-refractivity contribution in [1.29, 1.82) is 0 Å². The molecule has 170 valence electrons. The number of rotatable bonds is 7. The number of piperazine rings is 1. The number of fused-ring (bicyclic) bond motifs is 1.